The van der Waals surface area contributed by atoms with Gasteiger partial charge in [0.05, 0.1) is 12.1 Å². The second-order valence-electron chi connectivity index (χ2n) is 6.49. The van der Waals surface area contributed by atoms with Gasteiger partial charge in [-0.2, -0.15) is 5.10 Å². The maximum atomic E-state index is 12.9. The van der Waals surface area contributed by atoms with E-state index in [2.05, 4.69) is 33.5 Å². The van der Waals surface area contributed by atoms with Gasteiger partial charge >= 0.3 is 0 Å². The van der Waals surface area contributed by atoms with E-state index < -0.39 is 0 Å². The Morgan fingerprint density at radius 2 is 1.77 bits per heavy atom. The molecule has 1 amide bonds. The molecule has 1 aliphatic rings. The van der Waals surface area contributed by atoms with Gasteiger partial charge in [-0.25, -0.2) is 4.68 Å². The van der Waals surface area contributed by atoms with Crippen molar-refractivity contribution in [3.63, 3.8) is 0 Å². The molecular weight excluding hydrogens is 328 g/mol. The molecule has 0 radical (unpaired) electrons. The Hall–Kier alpha value is -2.99. The average molecular weight is 348 g/mol. The fourth-order valence-electron chi connectivity index (χ4n) is 3.48. The molecule has 0 saturated heterocycles. The van der Waals surface area contributed by atoms with Gasteiger partial charge in [0.15, 0.2) is 5.69 Å². The summed E-state index contributed by atoms with van der Waals surface area (Å²) in [4.78, 5) is 27.3. The minimum absolute atomic E-state index is 0.174. The van der Waals surface area contributed by atoms with E-state index in [0.29, 0.717) is 17.4 Å². The summed E-state index contributed by atoms with van der Waals surface area (Å²) in [6.07, 6.45) is 0.945. The first-order valence-electron chi connectivity index (χ1n) is 8.68. The van der Waals surface area contributed by atoms with Gasteiger partial charge in [0.1, 0.15) is 0 Å². The lowest BCUT2D eigenvalue weighted by atomic mass is 10.0. The second kappa shape index (κ2) is 6.72. The molecule has 0 atom stereocenters. The highest BCUT2D eigenvalue weighted by atomic mass is 16.2. The second-order valence-corrected chi connectivity index (χ2v) is 6.49. The molecule has 2 aromatic carbocycles. The molecular formula is C20H20N4O2. The smallest absolute Gasteiger partial charge is 0.275 e. The van der Waals surface area contributed by atoms with Crippen LogP contribution >= 0.6 is 0 Å². The SMILES string of the molecule is CNC(=O)c1nn(CN2CCc3ccccc3C2)c(=O)c2ccccc12. The minimum atomic E-state index is -0.293. The van der Waals surface area contributed by atoms with Crippen molar-refractivity contribution >= 4 is 16.7 Å². The van der Waals surface area contributed by atoms with Gasteiger partial charge in [-0.3, -0.25) is 14.5 Å². The Bertz CT molecular complexity index is 1040. The van der Waals surface area contributed by atoms with Crippen molar-refractivity contribution in [2.24, 2.45) is 0 Å². The summed E-state index contributed by atoms with van der Waals surface area (Å²) in [5.41, 5.74) is 2.74. The van der Waals surface area contributed by atoms with E-state index in [1.165, 1.54) is 15.8 Å². The maximum absolute atomic E-state index is 12.9. The lowest BCUT2D eigenvalue weighted by Crippen LogP contribution is -2.38. The van der Waals surface area contributed by atoms with Gasteiger partial charge < -0.3 is 5.32 Å². The van der Waals surface area contributed by atoms with Gasteiger partial charge in [-0.1, -0.05) is 42.5 Å². The zero-order valence-electron chi connectivity index (χ0n) is 14.6. The summed E-state index contributed by atoms with van der Waals surface area (Å²) in [5.74, 6) is -0.293. The van der Waals surface area contributed by atoms with E-state index in [1.54, 1.807) is 25.2 Å². The van der Waals surface area contributed by atoms with Crippen LogP contribution in [0.5, 0.6) is 0 Å². The van der Waals surface area contributed by atoms with Crippen molar-refractivity contribution in [2.45, 2.75) is 19.6 Å². The Kier molecular flexibility index (Phi) is 4.26. The molecule has 0 aliphatic carbocycles. The number of rotatable bonds is 3. The van der Waals surface area contributed by atoms with Crippen molar-refractivity contribution in [3.05, 3.63) is 75.7 Å². The van der Waals surface area contributed by atoms with E-state index in [1.807, 2.05) is 12.1 Å². The zero-order chi connectivity index (χ0) is 18.1. The van der Waals surface area contributed by atoms with Crippen LogP contribution in [0.4, 0.5) is 0 Å². The number of amides is 1. The fourth-order valence-corrected chi connectivity index (χ4v) is 3.48. The number of nitrogens with zero attached hydrogens (tertiary/aromatic N) is 3. The Balaban J connectivity index is 1.72. The van der Waals surface area contributed by atoms with Crippen LogP contribution in [-0.2, 0) is 19.6 Å². The standard InChI is InChI=1S/C20H20N4O2/c1-21-19(25)18-16-8-4-5-9-17(16)20(26)24(22-18)13-23-11-10-14-6-2-3-7-15(14)12-23/h2-9H,10-13H2,1H3,(H,21,25). The normalized spacial score (nSPS) is 14.2. The van der Waals surface area contributed by atoms with Crippen LogP contribution in [0.1, 0.15) is 21.6 Å². The maximum Gasteiger partial charge on any atom is 0.275 e. The van der Waals surface area contributed by atoms with Crippen LogP contribution in [0.15, 0.2) is 53.3 Å². The third-order valence-corrected chi connectivity index (χ3v) is 4.85. The molecule has 6 heteroatoms. The van der Waals surface area contributed by atoms with Gasteiger partial charge in [-0.05, 0) is 23.6 Å². The quantitative estimate of drug-likeness (QED) is 0.783. The van der Waals surface area contributed by atoms with Gasteiger partial charge in [0.2, 0.25) is 0 Å². The predicted molar refractivity (Wildman–Crippen MR) is 99.9 cm³/mol. The first kappa shape index (κ1) is 16.5. The summed E-state index contributed by atoms with van der Waals surface area (Å²) >= 11 is 0. The highest BCUT2D eigenvalue weighted by molar-refractivity contribution is 6.04. The summed E-state index contributed by atoms with van der Waals surface area (Å²) in [6, 6.07) is 15.5. The Morgan fingerprint density at radius 1 is 1.08 bits per heavy atom. The third-order valence-electron chi connectivity index (χ3n) is 4.85. The number of fused-ring (bicyclic) bond motifs is 2. The van der Waals surface area contributed by atoms with E-state index >= 15 is 0 Å². The molecule has 4 rings (SSSR count). The van der Waals surface area contributed by atoms with Crippen molar-refractivity contribution in [2.75, 3.05) is 13.6 Å². The largest absolute Gasteiger partial charge is 0.354 e. The van der Waals surface area contributed by atoms with E-state index in [0.717, 1.165) is 19.5 Å². The van der Waals surface area contributed by atoms with Crippen LogP contribution in [0.25, 0.3) is 10.8 Å². The molecule has 0 saturated carbocycles. The van der Waals surface area contributed by atoms with Crippen molar-refractivity contribution in [1.29, 1.82) is 0 Å². The van der Waals surface area contributed by atoms with Crippen molar-refractivity contribution in [1.82, 2.24) is 20.0 Å². The Morgan fingerprint density at radius 3 is 2.54 bits per heavy atom. The van der Waals surface area contributed by atoms with Crippen LogP contribution in [0, 0.1) is 0 Å². The van der Waals surface area contributed by atoms with E-state index in [-0.39, 0.29) is 17.2 Å². The highest BCUT2D eigenvalue weighted by Crippen LogP contribution is 2.19. The lowest BCUT2D eigenvalue weighted by Gasteiger charge is -2.28. The van der Waals surface area contributed by atoms with Gasteiger partial charge in [0, 0.05) is 25.5 Å². The third kappa shape index (κ3) is 2.88. The number of hydrogen-bond acceptors (Lipinski definition) is 4. The number of carbonyl (C=O) groups excluding carboxylic acids is 1. The number of benzene rings is 2. The minimum Gasteiger partial charge on any atom is -0.354 e. The molecule has 0 fully saturated rings. The lowest BCUT2D eigenvalue weighted by molar-refractivity contribution is 0.0955. The molecule has 0 bridgehead atoms. The van der Waals surface area contributed by atoms with Crippen molar-refractivity contribution in [3.8, 4) is 0 Å². The van der Waals surface area contributed by atoms with E-state index in [9.17, 15) is 9.59 Å². The predicted octanol–water partition coefficient (Wildman–Crippen LogP) is 1.77. The first-order valence-corrected chi connectivity index (χ1v) is 8.68. The topological polar surface area (TPSA) is 67.2 Å². The molecule has 1 aliphatic heterocycles. The summed E-state index contributed by atoms with van der Waals surface area (Å²) in [7, 11) is 1.57. The first-order chi connectivity index (χ1) is 12.7. The summed E-state index contributed by atoms with van der Waals surface area (Å²) < 4.78 is 1.40. The summed E-state index contributed by atoms with van der Waals surface area (Å²) in [6.45, 7) is 1.99. The molecule has 132 valence electrons. The van der Waals surface area contributed by atoms with Crippen LogP contribution < -0.4 is 10.9 Å². The van der Waals surface area contributed by atoms with E-state index in [4.69, 9.17) is 0 Å². The highest BCUT2D eigenvalue weighted by Gasteiger charge is 2.19. The molecule has 0 spiro atoms. The summed E-state index contributed by atoms with van der Waals surface area (Å²) in [5, 5.41) is 8.07. The van der Waals surface area contributed by atoms with Gasteiger partial charge in [-0.15, -0.1) is 0 Å². The molecule has 3 aromatic rings. The number of aromatic nitrogens is 2. The average Bonchev–Trinajstić information content (AvgIpc) is 2.69. The van der Waals surface area contributed by atoms with Crippen molar-refractivity contribution < 1.29 is 4.79 Å². The molecule has 1 N–H and O–H groups in total. The zero-order valence-corrected chi connectivity index (χ0v) is 14.6. The number of nitrogens with one attached hydrogen (secondary N) is 1. The number of hydrogen-bond donors (Lipinski definition) is 1. The monoisotopic (exact) mass is 348 g/mol. The molecule has 6 nitrogen and oxygen atoms in total. The van der Waals surface area contributed by atoms with Crippen LogP contribution in [0.3, 0.4) is 0 Å². The molecule has 1 aromatic heterocycles. The molecule has 26 heavy (non-hydrogen) atoms. The Labute approximate surface area is 151 Å². The van der Waals surface area contributed by atoms with Crippen LogP contribution in [-0.4, -0.2) is 34.2 Å². The molecule has 2 heterocycles. The molecule has 0 unspecified atom stereocenters. The number of carbonyl (C=O) groups is 1. The van der Waals surface area contributed by atoms with Crippen LogP contribution in [0.2, 0.25) is 0 Å². The van der Waals surface area contributed by atoms with Gasteiger partial charge in [0.25, 0.3) is 11.5 Å². The fraction of sp³-hybridized carbons (Fsp3) is 0.250.